The summed E-state index contributed by atoms with van der Waals surface area (Å²) < 4.78 is 44.1. The van der Waals surface area contributed by atoms with Gasteiger partial charge in [0.25, 0.3) is 0 Å². The van der Waals surface area contributed by atoms with Gasteiger partial charge in [-0.2, -0.15) is 13.2 Å². The summed E-state index contributed by atoms with van der Waals surface area (Å²) in [6.45, 7) is 1.90. The fourth-order valence-corrected chi connectivity index (χ4v) is 5.80. The van der Waals surface area contributed by atoms with Gasteiger partial charge in [0, 0.05) is 52.0 Å². The maximum absolute atomic E-state index is 14.0. The first-order chi connectivity index (χ1) is 22.1. The summed E-state index contributed by atoms with van der Waals surface area (Å²) in [6.07, 6.45) is -1.08. The van der Waals surface area contributed by atoms with Crippen molar-refractivity contribution >= 4 is 27.7 Å². The predicted octanol–water partition coefficient (Wildman–Crippen LogP) is 8.45. The van der Waals surface area contributed by atoms with Crippen molar-refractivity contribution in [2.45, 2.75) is 19.6 Å². The first-order valence-electron chi connectivity index (χ1n) is 14.5. The molecule has 7 rings (SSSR count). The Morgan fingerprint density at radius 2 is 1.39 bits per heavy atom. The Morgan fingerprint density at radius 1 is 0.761 bits per heavy atom. The molecule has 0 unspecified atom stereocenters. The number of primary amides is 1. The Balaban J connectivity index is 1.54. The number of imidazole rings is 1. The van der Waals surface area contributed by atoms with Gasteiger partial charge in [-0.05, 0) is 84.8 Å². The van der Waals surface area contributed by atoms with Crippen LogP contribution in [0.2, 0.25) is 0 Å². The van der Waals surface area contributed by atoms with Crippen LogP contribution in [-0.2, 0) is 12.7 Å². The van der Waals surface area contributed by atoms with Crippen molar-refractivity contribution in [1.82, 2.24) is 19.5 Å². The first kappa shape index (κ1) is 28.9. The zero-order chi connectivity index (χ0) is 32.0. The Hall–Kier alpha value is -5.83. The number of benzene rings is 4. The second-order valence-electron chi connectivity index (χ2n) is 11.2. The lowest BCUT2D eigenvalue weighted by molar-refractivity contribution is -0.137. The van der Waals surface area contributed by atoms with E-state index < -0.39 is 17.6 Å². The van der Waals surface area contributed by atoms with Gasteiger partial charge in [0.15, 0.2) is 0 Å². The zero-order valence-electron chi connectivity index (χ0n) is 24.6. The monoisotopic (exact) mass is 613 g/mol. The normalized spacial score (nSPS) is 11.7. The molecule has 0 spiro atoms. The van der Waals surface area contributed by atoms with Gasteiger partial charge in [-0.25, -0.2) is 4.98 Å². The number of carbonyl (C=O) groups is 1. The van der Waals surface area contributed by atoms with Crippen LogP contribution in [-0.4, -0.2) is 25.4 Å². The molecule has 0 atom stereocenters. The molecule has 0 radical (unpaired) electrons. The van der Waals surface area contributed by atoms with Crippen LogP contribution < -0.4 is 5.73 Å². The number of fused-ring (bicyclic) bond motifs is 2. The highest BCUT2D eigenvalue weighted by atomic mass is 19.4. The number of aromatic nitrogens is 4. The van der Waals surface area contributed by atoms with Crippen molar-refractivity contribution in [3.63, 3.8) is 0 Å². The number of hydrogen-bond acceptors (Lipinski definition) is 4. The molecular weight excluding hydrogens is 587 g/mol. The van der Waals surface area contributed by atoms with Crippen LogP contribution in [0.4, 0.5) is 13.2 Å². The number of carbonyl (C=O) groups excluding carboxylic acids is 1. The van der Waals surface area contributed by atoms with Gasteiger partial charge in [0.2, 0.25) is 5.91 Å². The van der Waals surface area contributed by atoms with Gasteiger partial charge in [-0.15, -0.1) is 0 Å². The number of pyridine rings is 2. The van der Waals surface area contributed by atoms with E-state index in [4.69, 9.17) is 10.7 Å². The van der Waals surface area contributed by atoms with Crippen molar-refractivity contribution in [3.8, 4) is 33.9 Å². The molecule has 3 aromatic heterocycles. The number of aryl methyl sites for hydroxylation is 1. The molecule has 0 bridgehead atoms. The van der Waals surface area contributed by atoms with Crippen molar-refractivity contribution < 1.29 is 18.0 Å². The van der Waals surface area contributed by atoms with E-state index >= 15 is 0 Å². The van der Waals surface area contributed by atoms with E-state index in [1.54, 1.807) is 49.6 Å². The topological polar surface area (TPSA) is 86.7 Å². The maximum Gasteiger partial charge on any atom is 0.416 e. The third kappa shape index (κ3) is 5.47. The van der Waals surface area contributed by atoms with Crippen LogP contribution in [0.3, 0.4) is 0 Å². The number of halogens is 3. The predicted molar refractivity (Wildman–Crippen MR) is 173 cm³/mol. The number of nitrogens with zero attached hydrogens (tertiary/aromatic N) is 4. The molecule has 46 heavy (non-hydrogen) atoms. The summed E-state index contributed by atoms with van der Waals surface area (Å²) in [5.41, 5.74) is 11.2. The highest BCUT2D eigenvalue weighted by Crippen LogP contribution is 2.40. The largest absolute Gasteiger partial charge is 0.416 e. The molecule has 0 saturated carbocycles. The highest BCUT2D eigenvalue weighted by molar-refractivity contribution is 5.93. The van der Waals surface area contributed by atoms with E-state index in [2.05, 4.69) is 9.97 Å². The highest BCUT2D eigenvalue weighted by Gasteiger charge is 2.32. The van der Waals surface area contributed by atoms with Crippen molar-refractivity contribution in [2.75, 3.05) is 0 Å². The molecule has 2 N–H and O–H groups in total. The van der Waals surface area contributed by atoms with Crippen LogP contribution in [0.1, 0.15) is 27.0 Å². The summed E-state index contributed by atoms with van der Waals surface area (Å²) in [6, 6.07) is 30.2. The van der Waals surface area contributed by atoms with Gasteiger partial charge in [0.05, 0.1) is 28.0 Å². The third-order valence-corrected chi connectivity index (χ3v) is 7.96. The number of nitrogens with two attached hydrogens (primary N) is 1. The van der Waals surface area contributed by atoms with E-state index in [0.717, 1.165) is 56.3 Å². The van der Waals surface area contributed by atoms with Gasteiger partial charge in [0.1, 0.15) is 5.82 Å². The van der Waals surface area contributed by atoms with E-state index in [1.807, 2.05) is 65.2 Å². The Kier molecular flexibility index (Phi) is 7.08. The smallest absolute Gasteiger partial charge is 0.366 e. The van der Waals surface area contributed by atoms with E-state index in [0.29, 0.717) is 28.2 Å². The molecule has 0 aliphatic carbocycles. The van der Waals surface area contributed by atoms with Gasteiger partial charge in [-0.1, -0.05) is 36.4 Å². The quantitative estimate of drug-likeness (QED) is 0.204. The maximum atomic E-state index is 14.0. The van der Waals surface area contributed by atoms with Crippen LogP contribution in [0.25, 0.3) is 55.7 Å². The van der Waals surface area contributed by atoms with Crippen LogP contribution in [0.15, 0.2) is 116 Å². The minimum Gasteiger partial charge on any atom is -0.366 e. The number of rotatable bonds is 6. The van der Waals surface area contributed by atoms with E-state index in [-0.39, 0.29) is 6.54 Å². The average molecular weight is 614 g/mol. The standard InChI is InChI=1S/C37H26F3N5O/c1-22-16-29(20-30(17-22)37(38,39)40)36-44-33(27-10-12-31-25(18-27)4-2-14-42-31)34(28-11-13-32-26(19-28)5-3-15-43-32)45(36)21-23-6-8-24(9-7-23)35(41)46/h2-20H,21H2,1H3,(H2,41,46). The minimum atomic E-state index is -4.54. The van der Waals surface area contributed by atoms with Crippen LogP contribution in [0.5, 0.6) is 0 Å². The van der Waals surface area contributed by atoms with Crippen LogP contribution in [0, 0.1) is 6.92 Å². The lowest BCUT2D eigenvalue weighted by Crippen LogP contribution is -2.11. The van der Waals surface area contributed by atoms with Crippen molar-refractivity contribution in [1.29, 1.82) is 0 Å². The summed E-state index contributed by atoms with van der Waals surface area (Å²) in [4.78, 5) is 25.8. The van der Waals surface area contributed by atoms with Crippen LogP contribution >= 0.6 is 0 Å². The number of hydrogen-bond donors (Lipinski definition) is 1. The molecule has 3 heterocycles. The fourth-order valence-electron chi connectivity index (χ4n) is 5.80. The molecule has 4 aromatic carbocycles. The molecule has 0 aliphatic heterocycles. The zero-order valence-corrected chi connectivity index (χ0v) is 24.6. The molecule has 0 fully saturated rings. The van der Waals surface area contributed by atoms with E-state index in [1.165, 1.54) is 0 Å². The molecular formula is C37H26F3N5O. The first-order valence-corrected chi connectivity index (χ1v) is 14.5. The molecule has 1 amide bonds. The summed E-state index contributed by atoms with van der Waals surface area (Å²) in [5, 5.41) is 1.81. The van der Waals surface area contributed by atoms with Crippen molar-refractivity contribution in [3.05, 3.63) is 138 Å². The molecule has 9 heteroatoms. The fraction of sp³-hybridized carbons (Fsp3) is 0.0811. The van der Waals surface area contributed by atoms with Gasteiger partial charge in [-0.3, -0.25) is 14.8 Å². The number of amides is 1. The summed E-state index contributed by atoms with van der Waals surface area (Å²) in [7, 11) is 0. The molecule has 7 aromatic rings. The second-order valence-corrected chi connectivity index (χ2v) is 11.2. The molecule has 0 aliphatic rings. The lowest BCUT2D eigenvalue weighted by atomic mass is 10.0. The Bertz CT molecular complexity index is 2270. The third-order valence-electron chi connectivity index (χ3n) is 7.96. The minimum absolute atomic E-state index is 0.256. The summed E-state index contributed by atoms with van der Waals surface area (Å²) in [5.74, 6) is -0.177. The SMILES string of the molecule is Cc1cc(-c2nc(-c3ccc4ncccc4c3)c(-c3ccc4ncccc4c3)n2Cc2ccc(C(N)=O)cc2)cc(C(F)(F)F)c1. The van der Waals surface area contributed by atoms with Crippen molar-refractivity contribution in [2.24, 2.45) is 5.73 Å². The van der Waals surface area contributed by atoms with E-state index in [9.17, 15) is 18.0 Å². The Labute approximate surface area is 262 Å². The lowest BCUT2D eigenvalue weighted by Gasteiger charge is -2.16. The van der Waals surface area contributed by atoms with Gasteiger partial charge < -0.3 is 10.3 Å². The molecule has 6 nitrogen and oxygen atoms in total. The molecule has 0 saturated heterocycles. The Morgan fingerprint density at radius 3 is 2.02 bits per heavy atom. The molecule has 226 valence electrons. The second kappa shape index (κ2) is 11.3. The summed E-state index contributed by atoms with van der Waals surface area (Å²) >= 11 is 0. The average Bonchev–Trinajstić information content (AvgIpc) is 3.42. The van der Waals surface area contributed by atoms with Gasteiger partial charge >= 0.3 is 6.18 Å². The number of alkyl halides is 3.